The van der Waals surface area contributed by atoms with E-state index in [4.69, 9.17) is 9.47 Å². The summed E-state index contributed by atoms with van der Waals surface area (Å²) in [7, 11) is 1.87. The van der Waals surface area contributed by atoms with Crippen LogP contribution in [0, 0.1) is 6.92 Å². The van der Waals surface area contributed by atoms with Crippen LogP contribution in [0.3, 0.4) is 0 Å². The summed E-state index contributed by atoms with van der Waals surface area (Å²) in [6.45, 7) is 6.74. The van der Waals surface area contributed by atoms with Gasteiger partial charge in [-0.15, -0.1) is 0 Å². The quantitative estimate of drug-likeness (QED) is 0.835. The Balaban J connectivity index is 2.05. The Morgan fingerprint density at radius 2 is 2.05 bits per heavy atom. The van der Waals surface area contributed by atoms with E-state index in [1.807, 2.05) is 20.9 Å². The standard InChI is InChI=1S/C13H22N4O2/c1-4-11-16-12(14-3)9(2)13(17-11)15-7-10-8-18-5-6-19-10/h10H,4-8H2,1-3H3,(H2,14,15,16,17). The average Bonchev–Trinajstić information content (AvgIpc) is 2.47. The third-order valence-electron chi connectivity index (χ3n) is 3.13. The normalized spacial score (nSPS) is 19.2. The Bertz CT molecular complexity index is 419. The SMILES string of the molecule is CCc1nc(NC)c(C)c(NCC2COCCO2)n1. The monoisotopic (exact) mass is 266 g/mol. The lowest BCUT2D eigenvalue weighted by Gasteiger charge is -2.24. The molecule has 1 aliphatic rings. The average molecular weight is 266 g/mol. The Labute approximate surface area is 113 Å². The number of ether oxygens (including phenoxy) is 2. The molecule has 0 amide bonds. The Morgan fingerprint density at radius 1 is 1.26 bits per heavy atom. The molecule has 0 spiro atoms. The summed E-state index contributed by atoms with van der Waals surface area (Å²) in [4.78, 5) is 8.97. The summed E-state index contributed by atoms with van der Waals surface area (Å²) in [5.41, 5.74) is 1.02. The van der Waals surface area contributed by atoms with Crippen molar-refractivity contribution in [3.8, 4) is 0 Å². The number of nitrogens with one attached hydrogen (secondary N) is 2. The largest absolute Gasteiger partial charge is 0.376 e. The first-order chi connectivity index (χ1) is 9.24. The highest BCUT2D eigenvalue weighted by Crippen LogP contribution is 2.20. The Hall–Kier alpha value is -1.40. The van der Waals surface area contributed by atoms with Crippen LogP contribution in [0.5, 0.6) is 0 Å². The summed E-state index contributed by atoms with van der Waals surface area (Å²) < 4.78 is 11.0. The molecule has 1 atom stereocenters. The van der Waals surface area contributed by atoms with Gasteiger partial charge in [-0.05, 0) is 6.92 Å². The van der Waals surface area contributed by atoms with Gasteiger partial charge in [0.2, 0.25) is 0 Å². The number of rotatable bonds is 5. The number of anilines is 2. The van der Waals surface area contributed by atoms with E-state index in [-0.39, 0.29) is 6.10 Å². The maximum Gasteiger partial charge on any atom is 0.134 e. The number of hydrogen-bond acceptors (Lipinski definition) is 6. The molecule has 0 radical (unpaired) electrons. The highest BCUT2D eigenvalue weighted by atomic mass is 16.6. The summed E-state index contributed by atoms with van der Waals surface area (Å²) in [6.07, 6.45) is 0.901. The molecule has 1 aromatic rings. The first-order valence-corrected chi connectivity index (χ1v) is 6.73. The van der Waals surface area contributed by atoms with E-state index < -0.39 is 0 Å². The van der Waals surface area contributed by atoms with Crippen molar-refractivity contribution in [3.63, 3.8) is 0 Å². The minimum Gasteiger partial charge on any atom is -0.376 e. The summed E-state index contributed by atoms with van der Waals surface area (Å²) in [5.74, 6) is 2.57. The Kier molecular flexibility index (Phi) is 4.93. The lowest BCUT2D eigenvalue weighted by atomic mass is 10.2. The van der Waals surface area contributed by atoms with Crippen LogP contribution in [0.15, 0.2) is 0 Å². The molecule has 1 fully saturated rings. The molecule has 6 nitrogen and oxygen atoms in total. The van der Waals surface area contributed by atoms with Crippen molar-refractivity contribution < 1.29 is 9.47 Å². The molecular formula is C13H22N4O2. The molecule has 106 valence electrons. The molecule has 1 saturated heterocycles. The molecule has 2 heterocycles. The van der Waals surface area contributed by atoms with E-state index in [2.05, 4.69) is 20.6 Å². The minimum absolute atomic E-state index is 0.0891. The predicted molar refractivity (Wildman–Crippen MR) is 74.7 cm³/mol. The van der Waals surface area contributed by atoms with Crippen molar-refractivity contribution in [2.24, 2.45) is 0 Å². The highest BCUT2D eigenvalue weighted by molar-refractivity contribution is 5.57. The van der Waals surface area contributed by atoms with E-state index in [9.17, 15) is 0 Å². The third-order valence-corrected chi connectivity index (χ3v) is 3.13. The summed E-state index contributed by atoms with van der Waals surface area (Å²) in [6, 6.07) is 0. The first-order valence-electron chi connectivity index (χ1n) is 6.73. The minimum atomic E-state index is 0.0891. The van der Waals surface area contributed by atoms with Gasteiger partial charge < -0.3 is 20.1 Å². The van der Waals surface area contributed by atoms with Crippen molar-refractivity contribution in [1.82, 2.24) is 9.97 Å². The fraction of sp³-hybridized carbons (Fsp3) is 0.692. The molecule has 0 aliphatic carbocycles. The molecule has 1 aliphatic heterocycles. The van der Waals surface area contributed by atoms with Gasteiger partial charge in [-0.3, -0.25) is 0 Å². The molecule has 1 unspecified atom stereocenters. The van der Waals surface area contributed by atoms with Crippen LogP contribution in [0.2, 0.25) is 0 Å². The zero-order valence-corrected chi connectivity index (χ0v) is 11.8. The van der Waals surface area contributed by atoms with Gasteiger partial charge in [-0.25, -0.2) is 9.97 Å². The van der Waals surface area contributed by atoms with Gasteiger partial charge in [0.25, 0.3) is 0 Å². The van der Waals surface area contributed by atoms with E-state index >= 15 is 0 Å². The second-order valence-corrected chi connectivity index (χ2v) is 4.51. The van der Waals surface area contributed by atoms with Gasteiger partial charge in [0, 0.05) is 25.6 Å². The van der Waals surface area contributed by atoms with Gasteiger partial charge >= 0.3 is 0 Å². The van der Waals surface area contributed by atoms with Crippen LogP contribution in [0.1, 0.15) is 18.3 Å². The predicted octanol–water partition coefficient (Wildman–Crippen LogP) is 1.22. The summed E-state index contributed by atoms with van der Waals surface area (Å²) in [5, 5.41) is 6.44. The van der Waals surface area contributed by atoms with Crippen molar-refractivity contribution >= 4 is 11.6 Å². The fourth-order valence-electron chi connectivity index (χ4n) is 2.00. The zero-order valence-electron chi connectivity index (χ0n) is 11.8. The number of hydrogen-bond donors (Lipinski definition) is 2. The third kappa shape index (κ3) is 3.54. The lowest BCUT2D eigenvalue weighted by Crippen LogP contribution is -2.34. The van der Waals surface area contributed by atoms with Crippen molar-refractivity contribution in [3.05, 3.63) is 11.4 Å². The van der Waals surface area contributed by atoms with E-state index in [1.165, 1.54) is 0 Å². The van der Waals surface area contributed by atoms with Crippen molar-refractivity contribution in [2.45, 2.75) is 26.4 Å². The van der Waals surface area contributed by atoms with Gasteiger partial charge in [0.15, 0.2) is 0 Å². The van der Waals surface area contributed by atoms with Crippen LogP contribution < -0.4 is 10.6 Å². The molecule has 0 saturated carbocycles. The molecule has 0 bridgehead atoms. The summed E-state index contributed by atoms with van der Waals surface area (Å²) >= 11 is 0. The molecule has 2 N–H and O–H groups in total. The Morgan fingerprint density at radius 3 is 2.68 bits per heavy atom. The molecular weight excluding hydrogens is 244 g/mol. The molecule has 2 rings (SSSR count). The van der Waals surface area contributed by atoms with Gasteiger partial charge in [0.1, 0.15) is 17.5 Å². The second kappa shape index (κ2) is 6.68. The van der Waals surface area contributed by atoms with Crippen LogP contribution >= 0.6 is 0 Å². The maximum absolute atomic E-state index is 5.61. The van der Waals surface area contributed by atoms with Crippen LogP contribution in [-0.4, -0.2) is 49.5 Å². The fourth-order valence-corrected chi connectivity index (χ4v) is 2.00. The molecule has 19 heavy (non-hydrogen) atoms. The topological polar surface area (TPSA) is 68.3 Å². The molecule has 6 heteroatoms. The van der Waals surface area contributed by atoms with Crippen LogP contribution in [0.4, 0.5) is 11.6 Å². The van der Waals surface area contributed by atoms with Crippen molar-refractivity contribution in [1.29, 1.82) is 0 Å². The van der Waals surface area contributed by atoms with Gasteiger partial charge in [0.05, 0.1) is 25.9 Å². The first kappa shape index (κ1) is 14.0. The van der Waals surface area contributed by atoms with E-state index in [0.717, 1.165) is 29.4 Å². The molecule has 0 aromatic carbocycles. The number of nitrogens with zero attached hydrogens (tertiary/aromatic N) is 2. The zero-order chi connectivity index (χ0) is 13.7. The van der Waals surface area contributed by atoms with E-state index in [1.54, 1.807) is 0 Å². The highest BCUT2D eigenvalue weighted by Gasteiger charge is 2.15. The van der Waals surface area contributed by atoms with Crippen LogP contribution in [-0.2, 0) is 15.9 Å². The maximum atomic E-state index is 5.61. The van der Waals surface area contributed by atoms with Crippen molar-refractivity contribution in [2.75, 3.05) is 44.0 Å². The number of aryl methyl sites for hydroxylation is 1. The molecule has 1 aromatic heterocycles. The van der Waals surface area contributed by atoms with Gasteiger partial charge in [-0.1, -0.05) is 6.92 Å². The number of aromatic nitrogens is 2. The van der Waals surface area contributed by atoms with Crippen LogP contribution in [0.25, 0.3) is 0 Å². The smallest absolute Gasteiger partial charge is 0.134 e. The lowest BCUT2D eigenvalue weighted by molar-refractivity contribution is -0.0819. The second-order valence-electron chi connectivity index (χ2n) is 4.51. The van der Waals surface area contributed by atoms with E-state index in [0.29, 0.717) is 26.4 Å². The van der Waals surface area contributed by atoms with Gasteiger partial charge in [-0.2, -0.15) is 0 Å².